The van der Waals surface area contributed by atoms with E-state index in [0.29, 0.717) is 12.4 Å². The lowest BCUT2D eigenvalue weighted by atomic mass is 10.1. The molecule has 0 saturated carbocycles. The van der Waals surface area contributed by atoms with Gasteiger partial charge < -0.3 is 10.6 Å². The van der Waals surface area contributed by atoms with Crippen LogP contribution in [0.4, 0.5) is 5.69 Å². The number of rotatable bonds is 2. The number of pyridine rings is 1. The molecule has 8 heteroatoms. The molecule has 1 aliphatic heterocycles. The van der Waals surface area contributed by atoms with Crippen molar-refractivity contribution in [2.24, 2.45) is 0 Å². The molecule has 2 N–H and O–H groups in total. The van der Waals surface area contributed by atoms with Crippen LogP contribution in [-0.4, -0.2) is 38.2 Å². The molecule has 0 unspecified atom stereocenters. The Morgan fingerprint density at radius 2 is 2.14 bits per heavy atom. The van der Waals surface area contributed by atoms with Crippen LogP contribution < -0.4 is 10.6 Å². The molecule has 7 nitrogen and oxygen atoms in total. The van der Waals surface area contributed by atoms with Gasteiger partial charge in [0.15, 0.2) is 5.82 Å². The lowest BCUT2D eigenvalue weighted by Crippen LogP contribution is -2.34. The number of nitrogens with one attached hydrogen (secondary N) is 2. The number of hydrogen-bond acceptors (Lipinski definition) is 6. The first-order chi connectivity index (χ1) is 13.6. The number of fused-ring (bicyclic) bond motifs is 5. The second-order valence-electron chi connectivity index (χ2n) is 6.88. The van der Waals surface area contributed by atoms with Gasteiger partial charge in [0.1, 0.15) is 16.5 Å². The second kappa shape index (κ2) is 6.13. The first-order valence-electron chi connectivity index (χ1n) is 9.02. The molecule has 5 rings (SSSR count). The zero-order valence-electron chi connectivity index (χ0n) is 15.5. The lowest BCUT2D eigenvalue weighted by molar-refractivity contribution is 0.0949. The van der Waals surface area contributed by atoms with Crippen LogP contribution in [0.1, 0.15) is 28.2 Å². The molecule has 3 aromatic heterocycles. The van der Waals surface area contributed by atoms with Gasteiger partial charge >= 0.3 is 0 Å². The average Bonchev–Trinajstić information content (AvgIpc) is 3.22. The molecular formula is C20H18N6OS. The summed E-state index contributed by atoms with van der Waals surface area (Å²) in [5, 5.41) is 16.8. The molecule has 1 amide bonds. The van der Waals surface area contributed by atoms with Gasteiger partial charge in [-0.25, -0.2) is 4.98 Å². The highest BCUT2D eigenvalue weighted by Gasteiger charge is 2.24. The van der Waals surface area contributed by atoms with Crippen LogP contribution >= 0.6 is 11.3 Å². The molecule has 28 heavy (non-hydrogen) atoms. The Bertz CT molecular complexity index is 1270. The van der Waals surface area contributed by atoms with E-state index in [0.717, 1.165) is 43.2 Å². The largest absolute Gasteiger partial charge is 0.381 e. The van der Waals surface area contributed by atoms with E-state index in [-0.39, 0.29) is 11.9 Å². The fourth-order valence-electron chi connectivity index (χ4n) is 3.63. The summed E-state index contributed by atoms with van der Waals surface area (Å²) in [5.41, 5.74) is 1.75. The maximum absolute atomic E-state index is 12.6. The van der Waals surface area contributed by atoms with E-state index in [1.54, 1.807) is 6.08 Å². The normalized spacial score (nSPS) is 16.5. The molecule has 4 aromatic rings. The average molecular weight is 390 g/mol. The topological polar surface area (TPSA) is 84.7 Å². The van der Waals surface area contributed by atoms with Crippen molar-refractivity contribution >= 4 is 50.0 Å². The summed E-state index contributed by atoms with van der Waals surface area (Å²) in [6.45, 7) is 8.37. The number of carbonyl (C=O) groups is 1. The van der Waals surface area contributed by atoms with Gasteiger partial charge in [-0.1, -0.05) is 6.58 Å². The van der Waals surface area contributed by atoms with Crippen molar-refractivity contribution in [1.29, 1.82) is 0 Å². The van der Waals surface area contributed by atoms with Crippen molar-refractivity contribution in [3.63, 3.8) is 0 Å². The van der Waals surface area contributed by atoms with Crippen LogP contribution in [-0.2, 0) is 0 Å². The first kappa shape index (κ1) is 16.9. The standard InChI is InChI=1S/C20H18N6OS/c1-4-15-25-24-11(3)26(15)16-8-5-12-13(23-16)6-7-14-17(12)18-19(28-14)20(27)22-10(2)9-21-18/h4-8,10,21H,1,9H2,2-3H3,(H,22,27)/t10-/m1/s1. The van der Waals surface area contributed by atoms with Crippen molar-refractivity contribution in [2.45, 2.75) is 19.9 Å². The van der Waals surface area contributed by atoms with Crippen LogP contribution in [0.3, 0.4) is 0 Å². The summed E-state index contributed by atoms with van der Waals surface area (Å²) in [4.78, 5) is 18.1. The van der Waals surface area contributed by atoms with Crippen LogP contribution in [0.25, 0.3) is 32.9 Å². The molecule has 0 radical (unpaired) electrons. The summed E-state index contributed by atoms with van der Waals surface area (Å²) >= 11 is 1.51. The van der Waals surface area contributed by atoms with E-state index < -0.39 is 0 Å². The van der Waals surface area contributed by atoms with E-state index in [9.17, 15) is 4.79 Å². The fraction of sp³-hybridized carbons (Fsp3) is 0.200. The maximum atomic E-state index is 12.6. The molecule has 0 aliphatic carbocycles. The zero-order chi connectivity index (χ0) is 19.4. The molecule has 1 aromatic carbocycles. The number of amides is 1. The Morgan fingerprint density at radius 1 is 1.29 bits per heavy atom. The minimum absolute atomic E-state index is 0.0258. The Hall–Kier alpha value is -3.26. The molecule has 0 spiro atoms. The van der Waals surface area contributed by atoms with Gasteiger partial charge in [-0.15, -0.1) is 21.5 Å². The van der Waals surface area contributed by atoms with Crippen LogP contribution in [0.15, 0.2) is 30.8 Å². The summed E-state index contributed by atoms with van der Waals surface area (Å²) in [5.74, 6) is 2.12. The molecule has 0 fully saturated rings. The molecular weight excluding hydrogens is 372 g/mol. The third kappa shape index (κ3) is 2.41. The summed E-state index contributed by atoms with van der Waals surface area (Å²) in [6, 6.07) is 8.10. The van der Waals surface area contributed by atoms with Crippen molar-refractivity contribution < 1.29 is 4.79 Å². The van der Waals surface area contributed by atoms with Crippen LogP contribution in [0.5, 0.6) is 0 Å². The quantitative estimate of drug-likeness (QED) is 0.547. The van der Waals surface area contributed by atoms with Crippen LogP contribution in [0.2, 0.25) is 0 Å². The summed E-state index contributed by atoms with van der Waals surface area (Å²) < 4.78 is 2.94. The number of hydrogen-bond donors (Lipinski definition) is 2. The monoisotopic (exact) mass is 390 g/mol. The van der Waals surface area contributed by atoms with Crippen molar-refractivity contribution in [3.05, 3.63) is 47.4 Å². The first-order valence-corrected chi connectivity index (χ1v) is 9.84. The minimum atomic E-state index is -0.0258. The van der Waals surface area contributed by atoms with Gasteiger partial charge in [0.2, 0.25) is 0 Å². The number of benzene rings is 1. The Balaban J connectivity index is 1.75. The predicted molar refractivity (Wildman–Crippen MR) is 112 cm³/mol. The third-order valence-corrected chi connectivity index (χ3v) is 6.09. The summed E-state index contributed by atoms with van der Waals surface area (Å²) in [6.07, 6.45) is 1.66. The number of aryl methyl sites for hydroxylation is 1. The molecule has 0 bridgehead atoms. The van der Waals surface area contributed by atoms with Crippen molar-refractivity contribution in [1.82, 2.24) is 25.1 Å². The summed E-state index contributed by atoms with van der Waals surface area (Å²) in [7, 11) is 0. The Morgan fingerprint density at radius 3 is 2.96 bits per heavy atom. The smallest absolute Gasteiger partial charge is 0.263 e. The minimum Gasteiger partial charge on any atom is -0.381 e. The van der Waals surface area contributed by atoms with Gasteiger partial charge in [-0.3, -0.25) is 9.36 Å². The van der Waals surface area contributed by atoms with Gasteiger partial charge in [0.25, 0.3) is 5.91 Å². The number of anilines is 1. The fourth-order valence-corrected chi connectivity index (χ4v) is 4.73. The molecule has 1 atom stereocenters. The Labute approximate surface area is 165 Å². The van der Waals surface area contributed by atoms with Gasteiger partial charge in [-0.05, 0) is 44.2 Å². The van der Waals surface area contributed by atoms with Crippen LogP contribution in [0, 0.1) is 6.92 Å². The van der Waals surface area contributed by atoms with E-state index in [1.165, 1.54) is 11.3 Å². The highest BCUT2D eigenvalue weighted by Crippen LogP contribution is 2.41. The highest BCUT2D eigenvalue weighted by atomic mass is 32.1. The van der Waals surface area contributed by atoms with E-state index >= 15 is 0 Å². The van der Waals surface area contributed by atoms with Crippen molar-refractivity contribution in [2.75, 3.05) is 11.9 Å². The van der Waals surface area contributed by atoms with Gasteiger partial charge in [-0.2, -0.15) is 0 Å². The van der Waals surface area contributed by atoms with Gasteiger partial charge in [0, 0.05) is 28.1 Å². The number of nitrogens with zero attached hydrogens (tertiary/aromatic N) is 4. The van der Waals surface area contributed by atoms with Gasteiger partial charge in [0.05, 0.1) is 11.2 Å². The highest BCUT2D eigenvalue weighted by molar-refractivity contribution is 7.21. The molecule has 140 valence electrons. The number of thiophene rings is 1. The Kier molecular flexibility index (Phi) is 3.70. The molecule has 1 aliphatic rings. The van der Waals surface area contributed by atoms with E-state index in [2.05, 4.69) is 27.4 Å². The predicted octanol–water partition coefficient (Wildman–Crippen LogP) is 3.53. The SMILES string of the molecule is C=Cc1nnc(C)n1-c1ccc2c(ccc3sc4c(c32)NC[C@@H](C)NC4=O)n1. The molecule has 4 heterocycles. The van der Waals surface area contributed by atoms with Crippen molar-refractivity contribution in [3.8, 4) is 5.82 Å². The van der Waals surface area contributed by atoms with E-state index in [1.807, 2.05) is 42.7 Å². The third-order valence-electron chi connectivity index (χ3n) is 4.94. The lowest BCUT2D eigenvalue weighted by Gasteiger charge is -2.10. The second-order valence-corrected chi connectivity index (χ2v) is 7.93. The number of carbonyl (C=O) groups excluding carboxylic acids is 1. The molecule has 0 saturated heterocycles. The maximum Gasteiger partial charge on any atom is 0.263 e. The number of aromatic nitrogens is 4. The zero-order valence-corrected chi connectivity index (χ0v) is 16.3. The van der Waals surface area contributed by atoms with E-state index in [4.69, 9.17) is 4.98 Å².